The number of nitrogens with zero attached hydrogens (tertiary/aromatic N) is 2. The summed E-state index contributed by atoms with van der Waals surface area (Å²) >= 11 is 0. The Balaban J connectivity index is 1.97. The Hall–Kier alpha value is -1.37. The molecule has 1 fully saturated rings. The van der Waals surface area contributed by atoms with Gasteiger partial charge in [-0.15, -0.1) is 0 Å². The number of piperidine rings is 1. The number of nitriles is 1. The lowest BCUT2D eigenvalue weighted by Crippen LogP contribution is -2.40. The van der Waals surface area contributed by atoms with E-state index in [4.69, 9.17) is 5.26 Å². The molecule has 0 atom stereocenters. The summed E-state index contributed by atoms with van der Waals surface area (Å²) < 4.78 is 0. The van der Waals surface area contributed by atoms with Gasteiger partial charge in [-0.25, -0.2) is 0 Å². The van der Waals surface area contributed by atoms with Crippen molar-refractivity contribution < 1.29 is 0 Å². The van der Waals surface area contributed by atoms with Gasteiger partial charge in [0.25, 0.3) is 0 Å². The molecule has 3 nitrogen and oxygen atoms in total. The quantitative estimate of drug-likeness (QED) is 0.858. The van der Waals surface area contributed by atoms with Crippen LogP contribution in [0.2, 0.25) is 0 Å². The molecule has 90 valence electrons. The maximum absolute atomic E-state index is 8.87. The summed E-state index contributed by atoms with van der Waals surface area (Å²) in [6.45, 7) is 3.17. The molecule has 1 heterocycles. The van der Waals surface area contributed by atoms with Crippen LogP contribution in [-0.2, 0) is 6.54 Å². The molecule has 0 bridgehead atoms. The van der Waals surface area contributed by atoms with Gasteiger partial charge in [0, 0.05) is 12.6 Å². The smallest absolute Gasteiger partial charge is 0.0991 e. The van der Waals surface area contributed by atoms with Crippen molar-refractivity contribution in [3.8, 4) is 6.07 Å². The second kappa shape index (κ2) is 5.81. The molecule has 1 aromatic rings. The SMILES string of the molecule is CN(Cc1cccc(C#N)c1)C1CCNCC1. The normalized spacial score (nSPS) is 17.0. The van der Waals surface area contributed by atoms with E-state index in [1.54, 1.807) is 0 Å². The molecule has 0 aliphatic carbocycles. The highest BCUT2D eigenvalue weighted by Crippen LogP contribution is 2.14. The Morgan fingerprint density at radius 1 is 1.41 bits per heavy atom. The molecule has 0 aromatic heterocycles. The van der Waals surface area contributed by atoms with E-state index in [0.29, 0.717) is 6.04 Å². The standard InChI is InChI=1S/C14H19N3/c1-17(14-5-7-16-8-6-14)11-13-4-2-3-12(9-13)10-15/h2-4,9,14,16H,5-8,11H2,1H3. The average Bonchev–Trinajstić information content (AvgIpc) is 2.40. The van der Waals surface area contributed by atoms with Gasteiger partial charge in [-0.3, -0.25) is 4.90 Å². The van der Waals surface area contributed by atoms with Crippen LogP contribution in [0.3, 0.4) is 0 Å². The highest BCUT2D eigenvalue weighted by molar-refractivity contribution is 5.32. The molecule has 3 heteroatoms. The lowest BCUT2D eigenvalue weighted by molar-refractivity contribution is 0.192. The highest BCUT2D eigenvalue weighted by atomic mass is 15.1. The van der Waals surface area contributed by atoms with E-state index in [1.807, 2.05) is 18.2 Å². The molecular formula is C14H19N3. The number of hydrogen-bond donors (Lipinski definition) is 1. The van der Waals surface area contributed by atoms with E-state index in [2.05, 4.69) is 29.4 Å². The Morgan fingerprint density at radius 2 is 2.18 bits per heavy atom. The van der Waals surface area contributed by atoms with E-state index in [-0.39, 0.29) is 0 Å². The minimum Gasteiger partial charge on any atom is -0.317 e. The first-order chi connectivity index (χ1) is 8.29. The summed E-state index contributed by atoms with van der Waals surface area (Å²) in [6.07, 6.45) is 2.43. The maximum atomic E-state index is 8.87. The van der Waals surface area contributed by atoms with E-state index in [9.17, 15) is 0 Å². The van der Waals surface area contributed by atoms with Crippen LogP contribution >= 0.6 is 0 Å². The fraction of sp³-hybridized carbons (Fsp3) is 0.500. The molecule has 2 rings (SSSR count). The third kappa shape index (κ3) is 3.29. The van der Waals surface area contributed by atoms with E-state index >= 15 is 0 Å². The zero-order chi connectivity index (χ0) is 12.1. The van der Waals surface area contributed by atoms with Gasteiger partial charge in [0.2, 0.25) is 0 Å². The third-order valence-corrected chi connectivity index (χ3v) is 3.42. The van der Waals surface area contributed by atoms with Crippen LogP contribution in [0, 0.1) is 11.3 Å². The fourth-order valence-electron chi connectivity index (χ4n) is 2.40. The summed E-state index contributed by atoms with van der Waals surface area (Å²) in [5.74, 6) is 0. The summed E-state index contributed by atoms with van der Waals surface area (Å²) in [5, 5.41) is 12.3. The van der Waals surface area contributed by atoms with Crippen LogP contribution < -0.4 is 5.32 Å². The first-order valence-corrected chi connectivity index (χ1v) is 6.19. The maximum Gasteiger partial charge on any atom is 0.0991 e. The first-order valence-electron chi connectivity index (χ1n) is 6.19. The minimum absolute atomic E-state index is 0.669. The van der Waals surface area contributed by atoms with Crippen LogP contribution in [0.4, 0.5) is 0 Å². The van der Waals surface area contributed by atoms with Crippen molar-refractivity contribution in [2.75, 3.05) is 20.1 Å². The second-order valence-electron chi connectivity index (χ2n) is 4.71. The van der Waals surface area contributed by atoms with Crippen LogP contribution in [0.5, 0.6) is 0 Å². The molecule has 0 saturated carbocycles. The van der Waals surface area contributed by atoms with Crippen LogP contribution in [-0.4, -0.2) is 31.1 Å². The van der Waals surface area contributed by atoms with Gasteiger partial charge in [0.1, 0.15) is 0 Å². The van der Waals surface area contributed by atoms with Crippen molar-refractivity contribution in [3.63, 3.8) is 0 Å². The predicted octanol–water partition coefficient (Wildman–Crippen LogP) is 1.74. The molecule has 0 spiro atoms. The second-order valence-corrected chi connectivity index (χ2v) is 4.71. The van der Waals surface area contributed by atoms with Crippen molar-refractivity contribution in [2.24, 2.45) is 0 Å². The molecule has 0 amide bonds. The molecule has 1 N–H and O–H groups in total. The molecule has 0 unspecified atom stereocenters. The Bertz CT molecular complexity index is 402. The van der Waals surface area contributed by atoms with Gasteiger partial charge in [-0.1, -0.05) is 12.1 Å². The van der Waals surface area contributed by atoms with Gasteiger partial charge >= 0.3 is 0 Å². The molecule has 1 aliphatic heterocycles. The number of nitrogens with one attached hydrogen (secondary N) is 1. The Labute approximate surface area is 103 Å². The number of benzene rings is 1. The average molecular weight is 229 g/mol. The number of rotatable bonds is 3. The van der Waals surface area contributed by atoms with Gasteiger partial charge in [0.15, 0.2) is 0 Å². The summed E-state index contributed by atoms with van der Waals surface area (Å²) in [4.78, 5) is 2.40. The largest absolute Gasteiger partial charge is 0.317 e. The van der Waals surface area contributed by atoms with Crippen LogP contribution in [0.1, 0.15) is 24.0 Å². The van der Waals surface area contributed by atoms with Gasteiger partial charge in [0.05, 0.1) is 11.6 Å². The molecule has 17 heavy (non-hydrogen) atoms. The molecule has 1 saturated heterocycles. The predicted molar refractivity (Wildman–Crippen MR) is 68.5 cm³/mol. The monoisotopic (exact) mass is 229 g/mol. The highest BCUT2D eigenvalue weighted by Gasteiger charge is 2.17. The van der Waals surface area contributed by atoms with E-state index in [0.717, 1.165) is 25.2 Å². The van der Waals surface area contributed by atoms with Crippen molar-refractivity contribution in [1.29, 1.82) is 5.26 Å². The zero-order valence-corrected chi connectivity index (χ0v) is 10.3. The summed E-state index contributed by atoms with van der Waals surface area (Å²) in [5.41, 5.74) is 1.98. The van der Waals surface area contributed by atoms with E-state index in [1.165, 1.54) is 18.4 Å². The topological polar surface area (TPSA) is 39.1 Å². The van der Waals surface area contributed by atoms with Crippen LogP contribution in [0.15, 0.2) is 24.3 Å². The number of hydrogen-bond acceptors (Lipinski definition) is 3. The summed E-state index contributed by atoms with van der Waals surface area (Å²) in [6, 6.07) is 10.8. The molecular weight excluding hydrogens is 210 g/mol. The Morgan fingerprint density at radius 3 is 2.88 bits per heavy atom. The van der Waals surface area contributed by atoms with Crippen molar-refractivity contribution in [1.82, 2.24) is 10.2 Å². The third-order valence-electron chi connectivity index (χ3n) is 3.42. The fourth-order valence-corrected chi connectivity index (χ4v) is 2.40. The molecule has 0 radical (unpaired) electrons. The van der Waals surface area contributed by atoms with Gasteiger partial charge in [-0.2, -0.15) is 5.26 Å². The summed E-state index contributed by atoms with van der Waals surface area (Å²) in [7, 11) is 2.18. The van der Waals surface area contributed by atoms with Crippen molar-refractivity contribution in [3.05, 3.63) is 35.4 Å². The zero-order valence-electron chi connectivity index (χ0n) is 10.3. The van der Waals surface area contributed by atoms with E-state index < -0.39 is 0 Å². The molecule has 1 aliphatic rings. The molecule has 1 aromatic carbocycles. The van der Waals surface area contributed by atoms with Crippen LogP contribution in [0.25, 0.3) is 0 Å². The lowest BCUT2D eigenvalue weighted by Gasteiger charge is -2.31. The minimum atomic E-state index is 0.669. The van der Waals surface area contributed by atoms with Crippen molar-refractivity contribution in [2.45, 2.75) is 25.4 Å². The van der Waals surface area contributed by atoms with Gasteiger partial charge in [-0.05, 0) is 50.7 Å². The van der Waals surface area contributed by atoms with Crippen molar-refractivity contribution >= 4 is 0 Å². The first kappa shape index (κ1) is 12.1. The lowest BCUT2D eigenvalue weighted by atomic mass is 10.0. The van der Waals surface area contributed by atoms with Gasteiger partial charge < -0.3 is 5.32 Å². The Kier molecular flexibility index (Phi) is 4.13.